The van der Waals surface area contributed by atoms with Crippen LogP contribution in [-0.2, 0) is 6.54 Å². The highest BCUT2D eigenvalue weighted by molar-refractivity contribution is 6.34. The van der Waals surface area contributed by atoms with Gasteiger partial charge >= 0.3 is 0 Å². The van der Waals surface area contributed by atoms with Gasteiger partial charge in [-0.05, 0) is 23.6 Å². The Morgan fingerprint density at radius 2 is 1.89 bits per heavy atom. The fraction of sp³-hybridized carbons (Fsp3) is 0.562. The van der Waals surface area contributed by atoms with Gasteiger partial charge in [0, 0.05) is 18.5 Å². The Morgan fingerprint density at radius 1 is 1.21 bits per heavy atom. The molecule has 1 aliphatic carbocycles. The summed E-state index contributed by atoms with van der Waals surface area (Å²) in [6.45, 7) is 0.455. The van der Waals surface area contributed by atoms with Gasteiger partial charge in [0.1, 0.15) is 0 Å². The quantitative estimate of drug-likeness (QED) is 0.658. The maximum Gasteiger partial charge on any atom is 0.164 e. The second kappa shape index (κ2) is 7.06. The Labute approximate surface area is 120 Å². The molecule has 0 radical (unpaired) electrons. The molecular formula is C16H22ClNO. The van der Waals surface area contributed by atoms with Gasteiger partial charge in [-0.2, -0.15) is 0 Å². The predicted octanol–water partition coefficient (Wildman–Crippen LogP) is 4.34. The second-order valence-corrected chi connectivity index (χ2v) is 5.91. The van der Waals surface area contributed by atoms with Crippen molar-refractivity contribution in [3.05, 3.63) is 34.3 Å². The third kappa shape index (κ3) is 4.05. The van der Waals surface area contributed by atoms with Crippen LogP contribution in [0.5, 0.6) is 0 Å². The van der Waals surface area contributed by atoms with E-state index in [-0.39, 0.29) is 5.78 Å². The lowest BCUT2D eigenvalue weighted by molar-refractivity contribution is 0.0957. The molecule has 0 atom stereocenters. The molecule has 19 heavy (non-hydrogen) atoms. The summed E-state index contributed by atoms with van der Waals surface area (Å²) in [6.07, 6.45) is 8.17. The first-order chi connectivity index (χ1) is 9.20. The summed E-state index contributed by atoms with van der Waals surface area (Å²) in [4.78, 5) is 12.3. The van der Waals surface area contributed by atoms with E-state index in [1.165, 1.54) is 38.5 Å². The number of nitrogens with two attached hydrogens (primary N) is 1. The van der Waals surface area contributed by atoms with Crippen LogP contribution in [0.15, 0.2) is 18.2 Å². The molecule has 2 rings (SSSR count). The van der Waals surface area contributed by atoms with Crippen LogP contribution in [0.1, 0.15) is 60.9 Å². The number of hydrogen-bond acceptors (Lipinski definition) is 2. The number of carbonyl (C=O) groups excluding carboxylic acids is 1. The molecule has 0 bridgehead atoms. The molecule has 104 valence electrons. The summed E-state index contributed by atoms with van der Waals surface area (Å²) in [5, 5.41) is 0.543. The number of benzene rings is 1. The molecule has 0 aliphatic heterocycles. The Morgan fingerprint density at radius 3 is 2.47 bits per heavy atom. The van der Waals surface area contributed by atoms with Crippen molar-refractivity contribution < 1.29 is 4.79 Å². The van der Waals surface area contributed by atoms with Crippen LogP contribution in [0.2, 0.25) is 5.02 Å². The monoisotopic (exact) mass is 279 g/mol. The first kappa shape index (κ1) is 14.5. The molecule has 0 unspecified atom stereocenters. The number of ketones is 1. The molecule has 0 heterocycles. The fourth-order valence-electron chi connectivity index (χ4n) is 2.85. The minimum Gasteiger partial charge on any atom is -0.326 e. The Balaban J connectivity index is 2.02. The molecule has 1 aromatic carbocycles. The van der Waals surface area contributed by atoms with Crippen molar-refractivity contribution >= 4 is 17.4 Å². The molecular weight excluding hydrogens is 258 g/mol. The number of hydrogen-bond donors (Lipinski definition) is 1. The highest BCUT2D eigenvalue weighted by atomic mass is 35.5. The summed E-state index contributed by atoms with van der Waals surface area (Å²) in [6, 6.07) is 5.53. The maximum absolute atomic E-state index is 12.3. The van der Waals surface area contributed by atoms with Crippen LogP contribution in [-0.4, -0.2) is 5.78 Å². The van der Waals surface area contributed by atoms with Crippen molar-refractivity contribution in [1.29, 1.82) is 0 Å². The molecule has 2 N–H and O–H groups in total. The average Bonchev–Trinajstić information content (AvgIpc) is 2.67. The van der Waals surface area contributed by atoms with Crippen molar-refractivity contribution in [3.63, 3.8) is 0 Å². The van der Waals surface area contributed by atoms with Gasteiger partial charge in [-0.1, -0.05) is 56.2 Å². The van der Waals surface area contributed by atoms with Crippen LogP contribution in [0.4, 0.5) is 0 Å². The third-order valence-corrected chi connectivity index (χ3v) is 4.33. The lowest BCUT2D eigenvalue weighted by Crippen LogP contribution is -2.09. The van der Waals surface area contributed by atoms with Crippen molar-refractivity contribution in [3.8, 4) is 0 Å². The van der Waals surface area contributed by atoms with Crippen LogP contribution < -0.4 is 5.73 Å². The Bertz CT molecular complexity index is 436. The predicted molar refractivity (Wildman–Crippen MR) is 79.5 cm³/mol. The molecule has 1 aromatic rings. The fourth-order valence-corrected chi connectivity index (χ4v) is 3.16. The van der Waals surface area contributed by atoms with Crippen molar-refractivity contribution in [2.75, 3.05) is 0 Å². The minimum atomic E-state index is 0.181. The van der Waals surface area contributed by atoms with E-state index in [1.807, 2.05) is 18.2 Å². The molecule has 0 saturated heterocycles. The zero-order chi connectivity index (χ0) is 13.7. The summed E-state index contributed by atoms with van der Waals surface area (Å²) in [5.74, 6) is 0.723. The summed E-state index contributed by atoms with van der Waals surface area (Å²) < 4.78 is 0. The minimum absolute atomic E-state index is 0.181. The number of carbonyl (C=O) groups is 1. The van der Waals surface area contributed by atoms with E-state index in [4.69, 9.17) is 17.3 Å². The van der Waals surface area contributed by atoms with Crippen LogP contribution in [0.25, 0.3) is 0 Å². The zero-order valence-corrected chi connectivity index (χ0v) is 12.1. The number of Topliss-reactive ketones (excluding diaryl/α,β-unsaturated/α-hetero) is 1. The van der Waals surface area contributed by atoms with E-state index < -0.39 is 0 Å². The summed E-state index contributed by atoms with van der Waals surface area (Å²) in [5.41, 5.74) is 7.19. The van der Waals surface area contributed by atoms with E-state index >= 15 is 0 Å². The van der Waals surface area contributed by atoms with E-state index in [9.17, 15) is 4.79 Å². The molecule has 1 saturated carbocycles. The molecule has 0 spiro atoms. The van der Waals surface area contributed by atoms with Gasteiger partial charge in [-0.15, -0.1) is 0 Å². The largest absolute Gasteiger partial charge is 0.326 e. The SMILES string of the molecule is NCc1ccc(C(=O)CC2CCCCCC2)c(Cl)c1. The van der Waals surface area contributed by atoms with E-state index in [0.717, 1.165) is 5.56 Å². The van der Waals surface area contributed by atoms with Gasteiger partial charge in [-0.25, -0.2) is 0 Å². The van der Waals surface area contributed by atoms with Crippen LogP contribution in [0, 0.1) is 5.92 Å². The van der Waals surface area contributed by atoms with Crippen molar-refractivity contribution in [2.24, 2.45) is 11.7 Å². The number of rotatable bonds is 4. The Hall–Kier alpha value is -0.860. The van der Waals surface area contributed by atoms with Gasteiger partial charge in [0.05, 0.1) is 5.02 Å². The van der Waals surface area contributed by atoms with Gasteiger partial charge in [-0.3, -0.25) is 4.79 Å². The Kier molecular flexibility index (Phi) is 5.41. The first-order valence-electron chi connectivity index (χ1n) is 7.22. The lowest BCUT2D eigenvalue weighted by Gasteiger charge is -2.13. The molecule has 2 nitrogen and oxygen atoms in total. The van der Waals surface area contributed by atoms with E-state index in [0.29, 0.717) is 29.5 Å². The topological polar surface area (TPSA) is 43.1 Å². The van der Waals surface area contributed by atoms with Crippen molar-refractivity contribution in [1.82, 2.24) is 0 Å². The summed E-state index contributed by atoms with van der Waals surface area (Å²) >= 11 is 6.18. The van der Waals surface area contributed by atoms with Crippen LogP contribution in [0.3, 0.4) is 0 Å². The van der Waals surface area contributed by atoms with Gasteiger partial charge in [0.25, 0.3) is 0 Å². The van der Waals surface area contributed by atoms with Gasteiger partial charge in [0.2, 0.25) is 0 Å². The van der Waals surface area contributed by atoms with Crippen LogP contribution >= 0.6 is 11.6 Å². The molecule has 1 aliphatic rings. The van der Waals surface area contributed by atoms with Crippen molar-refractivity contribution in [2.45, 2.75) is 51.5 Å². The highest BCUT2D eigenvalue weighted by Gasteiger charge is 2.18. The summed E-state index contributed by atoms with van der Waals surface area (Å²) in [7, 11) is 0. The highest BCUT2D eigenvalue weighted by Crippen LogP contribution is 2.28. The number of halogens is 1. The standard InChI is InChI=1S/C16H22ClNO/c17-15-9-13(11-18)7-8-14(15)16(19)10-12-5-3-1-2-4-6-12/h7-9,12H,1-6,10-11,18H2. The lowest BCUT2D eigenvalue weighted by atomic mass is 9.92. The van der Waals surface area contributed by atoms with E-state index in [2.05, 4.69) is 0 Å². The van der Waals surface area contributed by atoms with E-state index in [1.54, 1.807) is 0 Å². The zero-order valence-electron chi connectivity index (χ0n) is 11.3. The van der Waals surface area contributed by atoms with Gasteiger partial charge < -0.3 is 5.73 Å². The normalized spacial score (nSPS) is 17.2. The van der Waals surface area contributed by atoms with Gasteiger partial charge in [0.15, 0.2) is 5.78 Å². The first-order valence-corrected chi connectivity index (χ1v) is 7.60. The molecule has 1 fully saturated rings. The smallest absolute Gasteiger partial charge is 0.164 e. The molecule has 3 heteroatoms. The maximum atomic E-state index is 12.3. The molecule has 0 aromatic heterocycles. The average molecular weight is 280 g/mol. The third-order valence-electron chi connectivity index (χ3n) is 4.02. The second-order valence-electron chi connectivity index (χ2n) is 5.50. The molecule has 0 amide bonds.